The van der Waals surface area contributed by atoms with Crippen molar-refractivity contribution in [3.8, 4) is 11.4 Å². The number of nitrogens with zero attached hydrogens (tertiary/aromatic N) is 2. The fourth-order valence-electron chi connectivity index (χ4n) is 5.27. The molecule has 0 N–H and O–H groups in total. The largest absolute Gasteiger partial charge is 0.455 e. The molecule has 3 nitrogen and oxygen atoms in total. The first-order valence-electron chi connectivity index (χ1n) is 10.9. The summed E-state index contributed by atoms with van der Waals surface area (Å²) in [5, 5.41) is 2.41. The summed E-state index contributed by atoms with van der Waals surface area (Å²) >= 11 is 0. The van der Waals surface area contributed by atoms with Gasteiger partial charge in [0.2, 0.25) is 0 Å². The molecule has 0 radical (unpaired) electrons. The third-order valence-corrected chi connectivity index (χ3v) is 7.38. The van der Waals surface area contributed by atoms with Crippen LogP contribution in [0.2, 0.25) is 0 Å². The maximum atomic E-state index is 6.80. The maximum absolute atomic E-state index is 6.80. The van der Waals surface area contributed by atoms with E-state index < -0.39 is 0 Å². The van der Waals surface area contributed by atoms with Crippen LogP contribution in [0.4, 0.5) is 0 Å². The molecule has 0 bridgehead atoms. The van der Waals surface area contributed by atoms with Crippen LogP contribution >= 0.6 is 0 Å². The van der Waals surface area contributed by atoms with Gasteiger partial charge in [0.05, 0.1) is 13.2 Å². The molecule has 2 aromatic heterocycles. The number of fused-ring (bicyclic) bond motifs is 5. The quantitative estimate of drug-likeness (QED) is 0.345. The molecular formula is C27H31N2O+. The van der Waals surface area contributed by atoms with Gasteiger partial charge in [0.1, 0.15) is 17.3 Å². The average molecular weight is 400 g/mol. The monoisotopic (exact) mass is 399 g/mol. The SMILES string of the molecule is Cc1cc2c(oc3c4c(ccc32)C(C)(C)CCC4(C)C)c(-c2nccc[n+]2C)c1C. The molecule has 2 heterocycles. The van der Waals surface area contributed by atoms with Crippen molar-refractivity contribution in [3.63, 3.8) is 0 Å². The average Bonchev–Trinajstić information content (AvgIpc) is 3.05. The summed E-state index contributed by atoms with van der Waals surface area (Å²) in [7, 11) is 2.05. The first-order valence-corrected chi connectivity index (χ1v) is 10.9. The van der Waals surface area contributed by atoms with Crippen molar-refractivity contribution < 1.29 is 8.98 Å². The van der Waals surface area contributed by atoms with Gasteiger partial charge in [-0.25, -0.2) is 4.57 Å². The molecule has 0 saturated heterocycles. The standard InChI is InChI=1S/C27H31N2O/c1-16-15-19-18-9-10-20-22(27(5,6)12-11-26(20,3)4)24(18)30-23(19)21(17(16)2)25-28-13-8-14-29(25)7/h8-10,13-15H,11-12H2,1-7H3/q+1. The lowest BCUT2D eigenvalue weighted by molar-refractivity contribution is -0.663. The van der Waals surface area contributed by atoms with Gasteiger partial charge in [0.25, 0.3) is 0 Å². The van der Waals surface area contributed by atoms with Gasteiger partial charge >= 0.3 is 5.82 Å². The van der Waals surface area contributed by atoms with Crippen LogP contribution in [0.15, 0.2) is 41.1 Å². The fraction of sp³-hybridized carbons (Fsp3) is 0.407. The minimum Gasteiger partial charge on any atom is -0.455 e. The van der Waals surface area contributed by atoms with Gasteiger partial charge in [-0.1, -0.05) is 39.8 Å². The topological polar surface area (TPSA) is 29.9 Å². The van der Waals surface area contributed by atoms with Gasteiger partial charge in [-0.3, -0.25) is 0 Å². The van der Waals surface area contributed by atoms with Crippen molar-refractivity contribution in [1.29, 1.82) is 0 Å². The number of benzene rings is 2. The minimum atomic E-state index is 0.0954. The fourth-order valence-corrected chi connectivity index (χ4v) is 5.27. The van der Waals surface area contributed by atoms with Gasteiger partial charge < -0.3 is 4.42 Å². The molecule has 0 amide bonds. The first-order chi connectivity index (χ1) is 14.1. The maximum Gasteiger partial charge on any atom is 0.334 e. The van der Waals surface area contributed by atoms with E-state index in [0.29, 0.717) is 0 Å². The smallest absolute Gasteiger partial charge is 0.334 e. The Morgan fingerprint density at radius 3 is 2.43 bits per heavy atom. The molecule has 4 aromatic rings. The minimum absolute atomic E-state index is 0.0954. The molecule has 30 heavy (non-hydrogen) atoms. The van der Waals surface area contributed by atoms with E-state index in [9.17, 15) is 0 Å². The summed E-state index contributed by atoms with van der Waals surface area (Å²) in [4.78, 5) is 4.71. The number of aryl methyl sites for hydroxylation is 2. The highest BCUT2D eigenvalue weighted by molar-refractivity contribution is 6.11. The van der Waals surface area contributed by atoms with Gasteiger partial charge in [-0.2, -0.15) is 0 Å². The molecule has 3 heteroatoms. The Hall–Kier alpha value is -2.68. The third-order valence-electron chi connectivity index (χ3n) is 7.38. The van der Waals surface area contributed by atoms with Crippen molar-refractivity contribution in [2.45, 2.75) is 65.2 Å². The third kappa shape index (κ3) is 2.57. The number of hydrogen-bond acceptors (Lipinski definition) is 2. The molecule has 0 spiro atoms. The van der Waals surface area contributed by atoms with Gasteiger partial charge in [0, 0.05) is 22.4 Å². The van der Waals surface area contributed by atoms with Crippen LogP contribution in [0.1, 0.15) is 62.8 Å². The van der Waals surface area contributed by atoms with Crippen molar-refractivity contribution in [1.82, 2.24) is 4.98 Å². The lowest BCUT2D eigenvalue weighted by Gasteiger charge is -2.41. The number of furan rings is 1. The Labute approximate surface area is 178 Å². The molecule has 0 fully saturated rings. The van der Waals surface area contributed by atoms with Gasteiger partial charge in [-0.05, 0) is 65.3 Å². The van der Waals surface area contributed by atoms with E-state index >= 15 is 0 Å². The van der Waals surface area contributed by atoms with E-state index in [-0.39, 0.29) is 10.8 Å². The van der Waals surface area contributed by atoms with Crippen LogP contribution in [0.25, 0.3) is 33.3 Å². The predicted octanol–water partition coefficient (Wildman–Crippen LogP) is 6.44. The molecule has 0 unspecified atom stereocenters. The van der Waals surface area contributed by atoms with E-state index in [1.165, 1.54) is 45.9 Å². The Balaban J connectivity index is 1.96. The second-order valence-corrected chi connectivity index (χ2v) is 10.4. The molecule has 2 aromatic carbocycles. The van der Waals surface area contributed by atoms with Crippen LogP contribution in [-0.4, -0.2) is 4.98 Å². The molecule has 5 rings (SSSR count). The Bertz CT molecular complexity index is 1320. The highest BCUT2D eigenvalue weighted by Crippen LogP contribution is 2.50. The Morgan fingerprint density at radius 1 is 0.967 bits per heavy atom. The summed E-state index contributed by atoms with van der Waals surface area (Å²) in [5.41, 5.74) is 8.69. The van der Waals surface area contributed by atoms with Crippen LogP contribution in [-0.2, 0) is 17.9 Å². The highest BCUT2D eigenvalue weighted by atomic mass is 16.3. The number of hydrogen-bond donors (Lipinski definition) is 0. The van der Waals surface area contributed by atoms with Crippen LogP contribution < -0.4 is 4.57 Å². The van der Waals surface area contributed by atoms with Crippen molar-refractivity contribution in [2.24, 2.45) is 7.05 Å². The van der Waals surface area contributed by atoms with Gasteiger partial charge in [-0.15, -0.1) is 0 Å². The van der Waals surface area contributed by atoms with E-state index in [0.717, 1.165) is 22.6 Å². The zero-order chi connectivity index (χ0) is 21.4. The van der Waals surface area contributed by atoms with Crippen LogP contribution in [0.5, 0.6) is 0 Å². The first kappa shape index (κ1) is 19.3. The molecule has 1 aliphatic carbocycles. The molecule has 0 atom stereocenters. The number of rotatable bonds is 1. The molecule has 0 saturated carbocycles. The lowest BCUT2D eigenvalue weighted by Crippen LogP contribution is -2.33. The summed E-state index contributed by atoms with van der Waals surface area (Å²) in [6.45, 7) is 13.8. The second kappa shape index (κ2) is 6.16. The number of aromatic nitrogens is 2. The van der Waals surface area contributed by atoms with Gasteiger partial charge in [0.15, 0.2) is 5.58 Å². The summed E-state index contributed by atoms with van der Waals surface area (Å²) < 4.78 is 8.88. The summed E-state index contributed by atoms with van der Waals surface area (Å²) in [6.07, 6.45) is 6.28. The van der Waals surface area contributed by atoms with E-state index in [4.69, 9.17) is 9.40 Å². The Morgan fingerprint density at radius 2 is 1.70 bits per heavy atom. The van der Waals surface area contributed by atoms with Crippen LogP contribution in [0.3, 0.4) is 0 Å². The predicted molar refractivity (Wildman–Crippen MR) is 123 cm³/mol. The van der Waals surface area contributed by atoms with Crippen molar-refractivity contribution in [2.75, 3.05) is 0 Å². The van der Waals surface area contributed by atoms with Crippen molar-refractivity contribution >= 4 is 21.9 Å². The normalized spacial score (nSPS) is 17.4. The second-order valence-electron chi connectivity index (χ2n) is 10.4. The molecule has 1 aliphatic rings. The molecular weight excluding hydrogens is 368 g/mol. The Kier molecular flexibility index (Phi) is 3.96. The van der Waals surface area contributed by atoms with E-state index in [1.807, 2.05) is 25.5 Å². The van der Waals surface area contributed by atoms with E-state index in [1.54, 1.807) is 0 Å². The molecule has 154 valence electrons. The zero-order valence-corrected chi connectivity index (χ0v) is 19.2. The molecule has 0 aliphatic heterocycles. The van der Waals surface area contributed by atoms with Crippen LogP contribution in [0, 0.1) is 13.8 Å². The lowest BCUT2D eigenvalue weighted by atomic mass is 9.63. The van der Waals surface area contributed by atoms with Crippen molar-refractivity contribution in [3.05, 3.63) is 58.9 Å². The highest BCUT2D eigenvalue weighted by Gasteiger charge is 2.39. The summed E-state index contributed by atoms with van der Waals surface area (Å²) in [6, 6.07) is 8.88. The summed E-state index contributed by atoms with van der Waals surface area (Å²) in [5.74, 6) is 0.941. The zero-order valence-electron chi connectivity index (χ0n) is 19.2. The van der Waals surface area contributed by atoms with E-state index in [2.05, 4.69) is 64.3 Å².